The first-order chi connectivity index (χ1) is 7.25. The lowest BCUT2D eigenvalue weighted by molar-refractivity contribution is -0.142. The average Bonchev–Trinajstić information content (AvgIpc) is 2.71. The molecule has 0 aromatic carbocycles. The Kier molecular flexibility index (Phi) is 3.15. The van der Waals surface area contributed by atoms with E-state index in [0.717, 1.165) is 24.4 Å². The molecule has 1 fully saturated rings. The van der Waals surface area contributed by atoms with Gasteiger partial charge in [-0.15, -0.1) is 0 Å². The van der Waals surface area contributed by atoms with Crippen molar-refractivity contribution in [3.05, 3.63) is 6.33 Å². The molecular weight excluding hydrogens is 214 g/mol. The molecule has 1 aromatic heterocycles. The van der Waals surface area contributed by atoms with E-state index in [2.05, 4.69) is 14.7 Å². The molecular formula is C9H13N3O2S. The summed E-state index contributed by atoms with van der Waals surface area (Å²) in [6.07, 6.45) is 4.97. The molecule has 0 saturated heterocycles. The van der Waals surface area contributed by atoms with E-state index in [-0.39, 0.29) is 12.0 Å². The zero-order chi connectivity index (χ0) is 10.7. The van der Waals surface area contributed by atoms with E-state index in [9.17, 15) is 4.79 Å². The minimum absolute atomic E-state index is 0.204. The van der Waals surface area contributed by atoms with Crippen LogP contribution in [0, 0.1) is 5.92 Å². The number of rotatable bonds is 3. The maximum absolute atomic E-state index is 10.8. The van der Waals surface area contributed by atoms with E-state index in [0.29, 0.717) is 6.42 Å². The number of hydrogen-bond donors (Lipinski definition) is 2. The second-order valence-corrected chi connectivity index (χ2v) is 4.57. The fourth-order valence-electron chi connectivity index (χ4n) is 1.96. The third kappa shape index (κ3) is 2.65. The molecule has 0 radical (unpaired) electrons. The van der Waals surface area contributed by atoms with E-state index in [4.69, 9.17) is 5.11 Å². The van der Waals surface area contributed by atoms with Crippen LogP contribution in [0.1, 0.15) is 25.7 Å². The van der Waals surface area contributed by atoms with Crippen molar-refractivity contribution in [3.8, 4) is 0 Å². The molecule has 15 heavy (non-hydrogen) atoms. The van der Waals surface area contributed by atoms with Crippen molar-refractivity contribution >= 4 is 22.6 Å². The predicted molar refractivity (Wildman–Crippen MR) is 56.9 cm³/mol. The highest BCUT2D eigenvalue weighted by Gasteiger charge is 2.27. The van der Waals surface area contributed by atoms with Crippen molar-refractivity contribution < 1.29 is 9.90 Å². The van der Waals surface area contributed by atoms with Crippen molar-refractivity contribution in [2.75, 3.05) is 5.32 Å². The van der Waals surface area contributed by atoms with Crippen molar-refractivity contribution in [3.63, 3.8) is 0 Å². The lowest BCUT2D eigenvalue weighted by Gasteiger charge is -2.26. The largest absolute Gasteiger partial charge is 0.481 e. The lowest BCUT2D eigenvalue weighted by Crippen LogP contribution is -2.30. The fraction of sp³-hybridized carbons (Fsp3) is 0.667. The van der Waals surface area contributed by atoms with Gasteiger partial charge in [-0.2, -0.15) is 4.37 Å². The number of nitrogens with one attached hydrogen (secondary N) is 1. The minimum atomic E-state index is -0.682. The van der Waals surface area contributed by atoms with Crippen molar-refractivity contribution in [2.24, 2.45) is 5.92 Å². The summed E-state index contributed by atoms with van der Waals surface area (Å²) in [6.45, 7) is 0. The maximum atomic E-state index is 10.8. The number of hydrogen-bond acceptors (Lipinski definition) is 5. The maximum Gasteiger partial charge on any atom is 0.306 e. The number of anilines is 1. The summed E-state index contributed by atoms with van der Waals surface area (Å²) >= 11 is 1.31. The Hall–Kier alpha value is -1.17. The van der Waals surface area contributed by atoms with E-state index in [1.54, 1.807) is 0 Å². The number of carboxylic acid groups (broad SMARTS) is 1. The number of carbonyl (C=O) groups is 1. The predicted octanol–water partition coefficient (Wildman–Crippen LogP) is 1.59. The van der Waals surface area contributed by atoms with Gasteiger partial charge < -0.3 is 10.4 Å². The molecule has 82 valence electrons. The van der Waals surface area contributed by atoms with Crippen LogP contribution in [0.2, 0.25) is 0 Å². The minimum Gasteiger partial charge on any atom is -0.481 e. The third-order valence-electron chi connectivity index (χ3n) is 2.71. The SMILES string of the molecule is O=C(O)C1CCCC(Nc2ncns2)C1. The third-order valence-corrected chi connectivity index (χ3v) is 3.31. The summed E-state index contributed by atoms with van der Waals surface area (Å²) in [5, 5.41) is 12.9. The number of aromatic nitrogens is 2. The molecule has 1 aliphatic rings. The highest BCUT2D eigenvalue weighted by Crippen LogP contribution is 2.26. The molecule has 1 heterocycles. The van der Waals surface area contributed by atoms with Gasteiger partial charge in [-0.3, -0.25) is 4.79 Å². The van der Waals surface area contributed by atoms with Crippen molar-refractivity contribution in [2.45, 2.75) is 31.7 Å². The van der Waals surface area contributed by atoms with Gasteiger partial charge in [0.25, 0.3) is 0 Å². The Morgan fingerprint density at radius 1 is 1.60 bits per heavy atom. The summed E-state index contributed by atoms with van der Waals surface area (Å²) in [6, 6.07) is 0.229. The highest BCUT2D eigenvalue weighted by molar-refractivity contribution is 7.09. The molecule has 5 nitrogen and oxygen atoms in total. The van der Waals surface area contributed by atoms with Gasteiger partial charge in [0.1, 0.15) is 6.33 Å². The van der Waals surface area contributed by atoms with Gasteiger partial charge in [0.05, 0.1) is 5.92 Å². The quantitative estimate of drug-likeness (QED) is 0.820. The lowest BCUT2D eigenvalue weighted by atomic mass is 9.86. The van der Waals surface area contributed by atoms with E-state index in [1.165, 1.54) is 17.9 Å². The van der Waals surface area contributed by atoms with Gasteiger partial charge in [0.2, 0.25) is 5.13 Å². The smallest absolute Gasteiger partial charge is 0.306 e. The Bertz CT molecular complexity index is 328. The first kappa shape index (κ1) is 10.4. The first-order valence-corrected chi connectivity index (χ1v) is 5.79. The van der Waals surface area contributed by atoms with Gasteiger partial charge >= 0.3 is 5.97 Å². The number of aliphatic carboxylic acids is 1. The molecule has 0 bridgehead atoms. The molecule has 1 aliphatic carbocycles. The van der Waals surface area contributed by atoms with Crippen LogP contribution in [0.15, 0.2) is 6.33 Å². The van der Waals surface area contributed by atoms with Gasteiger partial charge in [-0.05, 0) is 19.3 Å². The summed E-state index contributed by atoms with van der Waals surface area (Å²) in [4.78, 5) is 14.9. The van der Waals surface area contributed by atoms with Gasteiger partial charge in [0, 0.05) is 17.6 Å². The standard InChI is InChI=1S/C9H13N3O2S/c13-8(14)6-2-1-3-7(4-6)12-9-10-5-11-15-9/h5-7H,1-4H2,(H,13,14)(H,10,11,12). The Balaban J connectivity index is 1.90. The zero-order valence-electron chi connectivity index (χ0n) is 8.22. The molecule has 0 amide bonds. The topological polar surface area (TPSA) is 75.1 Å². The highest BCUT2D eigenvalue weighted by atomic mass is 32.1. The fourth-order valence-corrected chi connectivity index (χ4v) is 2.46. The Morgan fingerprint density at radius 2 is 2.47 bits per heavy atom. The summed E-state index contributed by atoms with van der Waals surface area (Å²) < 4.78 is 3.89. The number of nitrogens with zero attached hydrogens (tertiary/aromatic N) is 2. The van der Waals surface area contributed by atoms with Crippen LogP contribution < -0.4 is 5.32 Å². The Labute approximate surface area is 91.7 Å². The van der Waals surface area contributed by atoms with Gasteiger partial charge in [0.15, 0.2) is 0 Å². The monoisotopic (exact) mass is 227 g/mol. The molecule has 2 rings (SSSR count). The molecule has 6 heteroatoms. The average molecular weight is 227 g/mol. The van der Waals surface area contributed by atoms with Gasteiger partial charge in [-0.25, -0.2) is 4.98 Å². The second-order valence-electron chi connectivity index (χ2n) is 3.79. The molecule has 2 unspecified atom stereocenters. The molecule has 2 atom stereocenters. The van der Waals surface area contributed by atoms with Crippen molar-refractivity contribution in [1.82, 2.24) is 9.36 Å². The van der Waals surface area contributed by atoms with Crippen LogP contribution in [0.5, 0.6) is 0 Å². The van der Waals surface area contributed by atoms with Crippen LogP contribution in [-0.2, 0) is 4.79 Å². The van der Waals surface area contributed by atoms with E-state index >= 15 is 0 Å². The molecule has 0 spiro atoms. The molecule has 0 aliphatic heterocycles. The van der Waals surface area contributed by atoms with Crippen LogP contribution in [-0.4, -0.2) is 26.5 Å². The van der Waals surface area contributed by atoms with E-state index < -0.39 is 5.97 Å². The van der Waals surface area contributed by atoms with Crippen LogP contribution in [0.3, 0.4) is 0 Å². The molecule has 2 N–H and O–H groups in total. The normalized spacial score (nSPS) is 26.1. The van der Waals surface area contributed by atoms with Crippen LogP contribution >= 0.6 is 11.5 Å². The number of carboxylic acids is 1. The molecule has 1 saturated carbocycles. The first-order valence-electron chi connectivity index (χ1n) is 5.01. The molecule has 1 aromatic rings. The summed E-state index contributed by atoms with van der Waals surface area (Å²) in [5.41, 5.74) is 0. The van der Waals surface area contributed by atoms with Crippen LogP contribution in [0.25, 0.3) is 0 Å². The van der Waals surface area contributed by atoms with E-state index in [1.807, 2.05) is 0 Å². The zero-order valence-corrected chi connectivity index (χ0v) is 9.04. The summed E-state index contributed by atoms with van der Waals surface area (Å²) in [7, 11) is 0. The second kappa shape index (κ2) is 4.57. The summed E-state index contributed by atoms with van der Waals surface area (Å²) in [5.74, 6) is -0.886. The Morgan fingerprint density at radius 3 is 3.13 bits per heavy atom. The van der Waals surface area contributed by atoms with Gasteiger partial charge in [-0.1, -0.05) is 6.42 Å². The van der Waals surface area contributed by atoms with Crippen molar-refractivity contribution in [1.29, 1.82) is 0 Å². The van der Waals surface area contributed by atoms with Crippen LogP contribution in [0.4, 0.5) is 5.13 Å².